The highest BCUT2D eigenvalue weighted by Gasteiger charge is 2.23. The lowest BCUT2D eigenvalue weighted by molar-refractivity contribution is -0.116. The Morgan fingerprint density at radius 2 is 1.71 bits per heavy atom. The number of carbonyl (C=O) groups is 2. The number of hydrogen-bond acceptors (Lipinski definition) is 3. The van der Waals surface area contributed by atoms with Gasteiger partial charge in [-0.05, 0) is 49.4 Å². The molecule has 0 radical (unpaired) electrons. The number of halogens is 3. The van der Waals surface area contributed by atoms with E-state index < -0.39 is 11.9 Å². The van der Waals surface area contributed by atoms with Crippen molar-refractivity contribution in [1.82, 2.24) is 14.7 Å². The van der Waals surface area contributed by atoms with Crippen molar-refractivity contribution in [1.29, 1.82) is 0 Å². The predicted molar refractivity (Wildman–Crippen MR) is 134 cm³/mol. The molecule has 180 valence electrons. The van der Waals surface area contributed by atoms with Gasteiger partial charge < -0.3 is 15.5 Å². The van der Waals surface area contributed by atoms with Crippen LogP contribution in [-0.4, -0.2) is 39.7 Å². The van der Waals surface area contributed by atoms with Gasteiger partial charge in [0.05, 0.1) is 21.4 Å². The number of hydrogen-bond donors (Lipinski definition) is 2. The van der Waals surface area contributed by atoms with Gasteiger partial charge in [-0.2, -0.15) is 5.10 Å². The van der Waals surface area contributed by atoms with Crippen LogP contribution in [0.4, 0.5) is 20.7 Å². The van der Waals surface area contributed by atoms with Gasteiger partial charge in [0.25, 0.3) is 0 Å². The highest BCUT2D eigenvalue weighted by molar-refractivity contribution is 6.42. The Kier molecular flexibility index (Phi) is 7.84. The standard InChI is InChI=1S/C24H26Cl2FN5O2/c1-5-31(23(34)28-16-8-11-18(25)19(26)12-16)14-22(33)29-21-13-20(24(2,3)4)30-32(21)17-9-6-15(27)7-10-17/h6-13H,5,14H2,1-4H3,(H,28,34)(H,29,33). The van der Waals surface area contributed by atoms with E-state index in [4.69, 9.17) is 23.2 Å². The number of aromatic nitrogens is 2. The summed E-state index contributed by atoms with van der Waals surface area (Å²) in [6, 6.07) is 11.8. The molecule has 1 aromatic heterocycles. The van der Waals surface area contributed by atoms with E-state index in [9.17, 15) is 14.0 Å². The SMILES string of the molecule is CCN(CC(=O)Nc1cc(C(C)(C)C)nn1-c1ccc(F)cc1)C(=O)Nc1ccc(Cl)c(Cl)c1. The van der Waals surface area contributed by atoms with E-state index in [1.807, 2.05) is 20.8 Å². The molecule has 34 heavy (non-hydrogen) atoms. The van der Waals surface area contributed by atoms with E-state index in [-0.39, 0.29) is 17.8 Å². The molecule has 0 aliphatic heterocycles. The Labute approximate surface area is 207 Å². The molecule has 0 spiro atoms. The zero-order valence-electron chi connectivity index (χ0n) is 19.3. The van der Waals surface area contributed by atoms with Crippen molar-refractivity contribution in [2.75, 3.05) is 23.7 Å². The first-order valence-electron chi connectivity index (χ1n) is 10.6. The zero-order chi connectivity index (χ0) is 25.0. The molecule has 0 bridgehead atoms. The van der Waals surface area contributed by atoms with Gasteiger partial charge in [0.2, 0.25) is 5.91 Å². The highest BCUT2D eigenvalue weighted by Crippen LogP contribution is 2.27. The summed E-state index contributed by atoms with van der Waals surface area (Å²) in [7, 11) is 0. The number of nitrogens with zero attached hydrogens (tertiary/aromatic N) is 3. The molecule has 2 aromatic carbocycles. The molecule has 0 saturated heterocycles. The molecule has 7 nitrogen and oxygen atoms in total. The van der Waals surface area contributed by atoms with Crippen molar-refractivity contribution < 1.29 is 14.0 Å². The van der Waals surface area contributed by atoms with Crippen LogP contribution in [0.3, 0.4) is 0 Å². The molecule has 3 aromatic rings. The second kappa shape index (κ2) is 10.4. The maximum Gasteiger partial charge on any atom is 0.322 e. The maximum atomic E-state index is 13.4. The van der Waals surface area contributed by atoms with E-state index >= 15 is 0 Å². The third-order valence-electron chi connectivity index (χ3n) is 4.99. The Bertz CT molecular complexity index is 1190. The lowest BCUT2D eigenvalue weighted by atomic mass is 9.92. The second-order valence-corrected chi connectivity index (χ2v) is 9.49. The van der Waals surface area contributed by atoms with Gasteiger partial charge in [-0.3, -0.25) is 4.79 Å². The molecular formula is C24H26Cl2FN5O2. The Morgan fingerprint density at radius 3 is 2.29 bits per heavy atom. The lowest BCUT2D eigenvalue weighted by Crippen LogP contribution is -2.40. The Morgan fingerprint density at radius 1 is 1.03 bits per heavy atom. The fourth-order valence-electron chi connectivity index (χ4n) is 3.08. The average Bonchev–Trinajstić information content (AvgIpc) is 3.19. The van der Waals surface area contributed by atoms with Gasteiger partial charge in [0.15, 0.2) is 0 Å². The molecule has 0 aliphatic rings. The molecule has 2 N–H and O–H groups in total. The smallest absolute Gasteiger partial charge is 0.315 e. The van der Waals surface area contributed by atoms with E-state index in [2.05, 4.69) is 15.7 Å². The summed E-state index contributed by atoms with van der Waals surface area (Å²) in [6.07, 6.45) is 0. The maximum absolute atomic E-state index is 13.4. The minimum atomic E-state index is -0.460. The molecule has 0 fully saturated rings. The molecule has 3 rings (SSSR count). The number of anilines is 2. The first-order chi connectivity index (χ1) is 16.0. The van der Waals surface area contributed by atoms with E-state index in [1.54, 1.807) is 41.9 Å². The van der Waals surface area contributed by atoms with E-state index in [0.29, 0.717) is 33.8 Å². The number of urea groups is 1. The van der Waals surface area contributed by atoms with Crippen LogP contribution in [0.25, 0.3) is 5.69 Å². The fourth-order valence-corrected chi connectivity index (χ4v) is 3.37. The number of amides is 3. The van der Waals surface area contributed by atoms with Crippen LogP contribution in [0.5, 0.6) is 0 Å². The van der Waals surface area contributed by atoms with Gasteiger partial charge in [-0.1, -0.05) is 44.0 Å². The highest BCUT2D eigenvalue weighted by atomic mass is 35.5. The van der Waals surface area contributed by atoms with Crippen LogP contribution in [0.1, 0.15) is 33.4 Å². The number of carbonyl (C=O) groups excluding carboxylic acids is 2. The number of likely N-dealkylation sites (N-methyl/N-ethyl adjacent to an activating group) is 1. The fraction of sp³-hybridized carbons (Fsp3) is 0.292. The Balaban J connectivity index is 1.76. The molecule has 0 aliphatic carbocycles. The van der Waals surface area contributed by atoms with E-state index in [1.165, 1.54) is 23.1 Å². The van der Waals surface area contributed by atoms with Crippen LogP contribution < -0.4 is 10.6 Å². The molecule has 0 atom stereocenters. The largest absolute Gasteiger partial charge is 0.322 e. The second-order valence-electron chi connectivity index (χ2n) is 8.67. The van der Waals surface area contributed by atoms with Gasteiger partial charge in [0.1, 0.15) is 18.2 Å². The minimum absolute atomic E-state index is 0.191. The van der Waals surface area contributed by atoms with Crippen molar-refractivity contribution in [3.8, 4) is 5.69 Å². The molecule has 1 heterocycles. The third-order valence-corrected chi connectivity index (χ3v) is 5.73. The quantitative estimate of drug-likeness (QED) is 0.424. The lowest BCUT2D eigenvalue weighted by Gasteiger charge is -2.21. The van der Waals surface area contributed by atoms with Crippen LogP contribution in [-0.2, 0) is 10.2 Å². The summed E-state index contributed by atoms with van der Waals surface area (Å²) in [5.41, 5.74) is 1.52. The summed E-state index contributed by atoms with van der Waals surface area (Å²) in [4.78, 5) is 26.9. The van der Waals surface area contributed by atoms with Gasteiger partial charge in [-0.25, -0.2) is 13.9 Å². The summed E-state index contributed by atoms with van der Waals surface area (Å²) in [5, 5.41) is 10.8. The molecular weight excluding hydrogens is 480 g/mol. The van der Waals surface area contributed by atoms with Crippen molar-refractivity contribution >= 4 is 46.6 Å². The van der Waals surface area contributed by atoms with Gasteiger partial charge in [-0.15, -0.1) is 0 Å². The minimum Gasteiger partial charge on any atom is -0.315 e. The normalized spacial score (nSPS) is 11.3. The number of rotatable bonds is 6. The van der Waals surface area contributed by atoms with Crippen LogP contribution in [0, 0.1) is 5.82 Å². The number of benzene rings is 2. The average molecular weight is 506 g/mol. The molecule has 0 saturated carbocycles. The van der Waals surface area contributed by atoms with Crippen LogP contribution >= 0.6 is 23.2 Å². The predicted octanol–water partition coefficient (Wildman–Crippen LogP) is 6.11. The van der Waals surface area contributed by atoms with Gasteiger partial charge >= 0.3 is 6.03 Å². The first-order valence-corrected chi connectivity index (χ1v) is 11.4. The van der Waals surface area contributed by atoms with E-state index in [0.717, 1.165) is 5.69 Å². The topological polar surface area (TPSA) is 79.3 Å². The van der Waals surface area contributed by atoms with Crippen molar-refractivity contribution in [2.24, 2.45) is 0 Å². The molecule has 3 amide bonds. The Hall–Kier alpha value is -3.10. The summed E-state index contributed by atoms with van der Waals surface area (Å²) in [5.74, 6) is -0.360. The van der Waals surface area contributed by atoms with Crippen LogP contribution in [0.2, 0.25) is 10.0 Å². The third kappa shape index (κ3) is 6.27. The zero-order valence-corrected chi connectivity index (χ0v) is 20.8. The monoisotopic (exact) mass is 505 g/mol. The first kappa shape index (κ1) is 25.5. The number of nitrogens with one attached hydrogen (secondary N) is 2. The summed E-state index contributed by atoms with van der Waals surface area (Å²) < 4.78 is 15.0. The van der Waals surface area contributed by atoms with Crippen molar-refractivity contribution in [3.05, 3.63) is 70.1 Å². The van der Waals surface area contributed by atoms with Crippen molar-refractivity contribution in [3.63, 3.8) is 0 Å². The van der Waals surface area contributed by atoms with Gasteiger partial charge in [0, 0.05) is 23.7 Å². The molecule has 0 unspecified atom stereocenters. The van der Waals surface area contributed by atoms with Crippen molar-refractivity contribution in [2.45, 2.75) is 33.1 Å². The molecule has 10 heteroatoms. The van der Waals surface area contributed by atoms with Crippen LogP contribution in [0.15, 0.2) is 48.5 Å². The summed E-state index contributed by atoms with van der Waals surface area (Å²) in [6.45, 7) is 7.88. The summed E-state index contributed by atoms with van der Waals surface area (Å²) >= 11 is 11.9.